The van der Waals surface area contributed by atoms with Gasteiger partial charge < -0.3 is 19.2 Å². The second-order valence-corrected chi connectivity index (χ2v) is 5.33. The van der Waals surface area contributed by atoms with Gasteiger partial charge in [0.05, 0.1) is 12.1 Å². The van der Waals surface area contributed by atoms with Gasteiger partial charge >= 0.3 is 5.97 Å². The Morgan fingerprint density at radius 1 is 1.37 bits per heavy atom. The second-order valence-electron chi connectivity index (χ2n) is 5.33. The number of carbonyl (C=O) groups is 1. The van der Waals surface area contributed by atoms with Gasteiger partial charge in [0, 0.05) is 13.2 Å². The third-order valence-electron chi connectivity index (χ3n) is 3.98. The van der Waals surface area contributed by atoms with Gasteiger partial charge in [0.25, 0.3) is 6.01 Å². The minimum atomic E-state index is -1.06. The molecule has 0 bridgehead atoms. The predicted molar refractivity (Wildman–Crippen MR) is 67.4 cm³/mol. The molecule has 19 heavy (non-hydrogen) atoms. The van der Waals surface area contributed by atoms with Crippen LogP contribution >= 0.6 is 0 Å². The monoisotopic (exact) mass is 266 g/mol. The maximum absolute atomic E-state index is 10.8. The highest BCUT2D eigenvalue weighted by Crippen LogP contribution is 2.35. The van der Waals surface area contributed by atoms with E-state index in [9.17, 15) is 4.79 Å². The van der Waals surface area contributed by atoms with E-state index in [1.54, 1.807) is 0 Å². The standard InChI is InChI=1S/C13H18N2O4/c16-11(17)10-8-18-12(14-10)15-6-5-13(9-15)4-2-1-3-7-19-13/h8H,1-7,9H2,(H,16,17). The minimum Gasteiger partial charge on any atom is -0.476 e. The molecule has 1 N–H and O–H groups in total. The van der Waals surface area contributed by atoms with Crippen molar-refractivity contribution in [1.29, 1.82) is 0 Å². The largest absolute Gasteiger partial charge is 0.476 e. The van der Waals surface area contributed by atoms with Crippen LogP contribution in [-0.4, -0.2) is 41.4 Å². The molecule has 0 aromatic carbocycles. The molecule has 0 radical (unpaired) electrons. The Balaban J connectivity index is 1.71. The predicted octanol–water partition coefficient (Wildman–Crippen LogP) is 1.91. The molecule has 1 spiro atoms. The van der Waals surface area contributed by atoms with Crippen molar-refractivity contribution in [3.05, 3.63) is 12.0 Å². The third kappa shape index (κ3) is 2.45. The van der Waals surface area contributed by atoms with Crippen LogP contribution in [0.4, 0.5) is 6.01 Å². The van der Waals surface area contributed by atoms with Crippen molar-refractivity contribution in [1.82, 2.24) is 4.98 Å². The Kier molecular flexibility index (Phi) is 3.18. The zero-order valence-corrected chi connectivity index (χ0v) is 10.8. The molecule has 1 aromatic heterocycles. The van der Waals surface area contributed by atoms with Gasteiger partial charge in [0.15, 0.2) is 5.69 Å². The van der Waals surface area contributed by atoms with Crippen LogP contribution in [0.25, 0.3) is 0 Å². The van der Waals surface area contributed by atoms with Crippen molar-refractivity contribution >= 4 is 12.0 Å². The molecule has 2 aliphatic heterocycles. The second kappa shape index (κ2) is 4.85. The maximum atomic E-state index is 10.8. The zero-order valence-electron chi connectivity index (χ0n) is 10.8. The molecule has 2 aliphatic rings. The number of rotatable bonds is 2. The fourth-order valence-electron chi connectivity index (χ4n) is 2.92. The van der Waals surface area contributed by atoms with E-state index in [4.69, 9.17) is 14.3 Å². The number of ether oxygens (including phenoxy) is 1. The van der Waals surface area contributed by atoms with E-state index in [1.165, 1.54) is 19.1 Å². The summed E-state index contributed by atoms with van der Waals surface area (Å²) >= 11 is 0. The summed E-state index contributed by atoms with van der Waals surface area (Å²) in [5, 5.41) is 8.85. The highest BCUT2D eigenvalue weighted by atomic mass is 16.5. The van der Waals surface area contributed by atoms with Gasteiger partial charge in [-0.15, -0.1) is 0 Å². The van der Waals surface area contributed by atoms with E-state index in [2.05, 4.69) is 4.98 Å². The van der Waals surface area contributed by atoms with Crippen LogP contribution < -0.4 is 4.90 Å². The van der Waals surface area contributed by atoms with Gasteiger partial charge in [-0.3, -0.25) is 0 Å². The number of aromatic carboxylic acids is 1. The first kappa shape index (κ1) is 12.5. The summed E-state index contributed by atoms with van der Waals surface area (Å²) in [4.78, 5) is 16.8. The van der Waals surface area contributed by atoms with Crippen molar-refractivity contribution in [2.24, 2.45) is 0 Å². The molecular formula is C13H18N2O4. The zero-order chi connectivity index (χ0) is 13.3. The van der Waals surface area contributed by atoms with Crippen molar-refractivity contribution in [3.63, 3.8) is 0 Å². The molecule has 6 heteroatoms. The van der Waals surface area contributed by atoms with Crippen LogP contribution in [0.2, 0.25) is 0 Å². The lowest BCUT2D eigenvalue weighted by Crippen LogP contribution is -2.36. The lowest BCUT2D eigenvalue weighted by molar-refractivity contribution is -0.0254. The summed E-state index contributed by atoms with van der Waals surface area (Å²) in [6.45, 7) is 2.37. The molecular weight excluding hydrogens is 248 g/mol. The molecule has 2 saturated heterocycles. The van der Waals surface area contributed by atoms with Crippen LogP contribution in [0.15, 0.2) is 10.7 Å². The highest BCUT2D eigenvalue weighted by Gasteiger charge is 2.41. The van der Waals surface area contributed by atoms with Crippen molar-refractivity contribution < 1.29 is 19.1 Å². The quantitative estimate of drug-likeness (QED) is 0.881. The van der Waals surface area contributed by atoms with Crippen LogP contribution in [0.5, 0.6) is 0 Å². The van der Waals surface area contributed by atoms with Crippen molar-refractivity contribution in [2.45, 2.75) is 37.7 Å². The number of hydrogen-bond donors (Lipinski definition) is 1. The van der Waals surface area contributed by atoms with Gasteiger partial charge in [0.2, 0.25) is 0 Å². The average molecular weight is 266 g/mol. The Labute approximate surface area is 111 Å². The lowest BCUT2D eigenvalue weighted by atomic mass is 9.96. The Hall–Kier alpha value is -1.56. The fraction of sp³-hybridized carbons (Fsp3) is 0.692. The van der Waals surface area contributed by atoms with Crippen molar-refractivity contribution in [2.75, 3.05) is 24.6 Å². The minimum absolute atomic E-state index is 0.0438. The number of anilines is 1. The first-order valence-corrected chi connectivity index (χ1v) is 6.76. The van der Waals surface area contributed by atoms with Crippen LogP contribution in [0.3, 0.4) is 0 Å². The Morgan fingerprint density at radius 2 is 2.26 bits per heavy atom. The molecule has 6 nitrogen and oxygen atoms in total. The van der Waals surface area contributed by atoms with E-state index >= 15 is 0 Å². The van der Waals surface area contributed by atoms with E-state index in [0.29, 0.717) is 6.01 Å². The summed E-state index contributed by atoms with van der Waals surface area (Å²) in [6.07, 6.45) is 6.76. The molecule has 0 aliphatic carbocycles. The number of aromatic nitrogens is 1. The third-order valence-corrected chi connectivity index (χ3v) is 3.98. The van der Waals surface area contributed by atoms with Gasteiger partial charge in [-0.25, -0.2) is 4.79 Å². The fourth-order valence-corrected chi connectivity index (χ4v) is 2.92. The molecule has 3 rings (SSSR count). The first-order valence-electron chi connectivity index (χ1n) is 6.76. The van der Waals surface area contributed by atoms with E-state index in [1.807, 2.05) is 4.90 Å². The summed E-state index contributed by atoms with van der Waals surface area (Å²) in [7, 11) is 0. The number of carboxylic acid groups (broad SMARTS) is 1. The maximum Gasteiger partial charge on any atom is 0.357 e. The number of hydrogen-bond acceptors (Lipinski definition) is 5. The van der Waals surface area contributed by atoms with Gasteiger partial charge in [-0.05, 0) is 19.3 Å². The summed E-state index contributed by atoms with van der Waals surface area (Å²) in [6, 6.07) is 0.391. The molecule has 1 atom stereocenters. The topological polar surface area (TPSA) is 75.8 Å². The smallest absolute Gasteiger partial charge is 0.357 e. The number of nitrogens with zero attached hydrogens (tertiary/aromatic N) is 2. The summed E-state index contributed by atoms with van der Waals surface area (Å²) in [5.74, 6) is -1.06. The van der Waals surface area contributed by atoms with E-state index in [-0.39, 0.29) is 11.3 Å². The van der Waals surface area contributed by atoms with Gasteiger partial charge in [-0.1, -0.05) is 12.8 Å². The van der Waals surface area contributed by atoms with Crippen LogP contribution in [0.1, 0.15) is 42.6 Å². The molecule has 2 fully saturated rings. The van der Waals surface area contributed by atoms with Gasteiger partial charge in [0.1, 0.15) is 6.26 Å². The van der Waals surface area contributed by atoms with Gasteiger partial charge in [-0.2, -0.15) is 4.98 Å². The van der Waals surface area contributed by atoms with Crippen LogP contribution in [-0.2, 0) is 4.74 Å². The molecule has 0 saturated carbocycles. The Bertz CT molecular complexity index is 463. The first-order chi connectivity index (χ1) is 9.19. The molecule has 0 amide bonds. The molecule has 104 valence electrons. The Morgan fingerprint density at radius 3 is 3.05 bits per heavy atom. The van der Waals surface area contributed by atoms with Crippen LogP contribution in [0, 0.1) is 0 Å². The van der Waals surface area contributed by atoms with E-state index < -0.39 is 5.97 Å². The highest BCUT2D eigenvalue weighted by molar-refractivity contribution is 5.85. The van der Waals surface area contributed by atoms with Crippen molar-refractivity contribution in [3.8, 4) is 0 Å². The summed E-state index contributed by atoms with van der Waals surface area (Å²) in [5.41, 5.74) is -0.133. The summed E-state index contributed by atoms with van der Waals surface area (Å²) < 4.78 is 11.3. The number of oxazole rings is 1. The van der Waals surface area contributed by atoms with E-state index in [0.717, 1.165) is 39.0 Å². The average Bonchev–Trinajstić information content (AvgIpc) is 2.94. The SMILES string of the molecule is O=C(O)c1coc(N2CCC3(CCCCCO3)C2)n1. The molecule has 3 heterocycles. The molecule has 1 aromatic rings. The molecule has 1 unspecified atom stereocenters. The lowest BCUT2D eigenvalue weighted by Gasteiger charge is -2.27. The number of carboxylic acids is 1. The normalized spacial score (nSPS) is 27.7.